The van der Waals surface area contributed by atoms with Gasteiger partial charge in [-0.05, 0) is 24.1 Å². The van der Waals surface area contributed by atoms with Crippen LogP contribution in [0.4, 0.5) is 0 Å². The third-order valence-corrected chi connectivity index (χ3v) is 3.29. The Morgan fingerprint density at radius 2 is 1.86 bits per heavy atom. The number of rotatable bonds is 1. The number of halogens is 1. The lowest BCUT2D eigenvalue weighted by Crippen LogP contribution is -2.19. The third kappa shape index (κ3) is 1.83. The minimum Gasteiger partial charge on any atom is -0.0834 e. The first kappa shape index (κ1) is 9.72. The molecule has 1 aliphatic rings. The van der Waals surface area contributed by atoms with Crippen molar-refractivity contribution >= 4 is 15.9 Å². The van der Waals surface area contributed by atoms with Gasteiger partial charge in [0.2, 0.25) is 0 Å². The summed E-state index contributed by atoms with van der Waals surface area (Å²) in [5.74, 6) is 0. The monoisotopic (exact) mass is 248 g/mol. The van der Waals surface area contributed by atoms with Gasteiger partial charge in [-0.1, -0.05) is 59.3 Å². The van der Waals surface area contributed by atoms with Crippen LogP contribution in [-0.2, 0) is 5.41 Å². The fourth-order valence-electron chi connectivity index (χ4n) is 1.77. The number of hydrogen-bond acceptors (Lipinski definition) is 0. The van der Waals surface area contributed by atoms with Crippen molar-refractivity contribution in [3.05, 3.63) is 58.6 Å². The second-order valence-electron chi connectivity index (χ2n) is 3.92. The van der Waals surface area contributed by atoms with Crippen LogP contribution >= 0.6 is 15.9 Å². The van der Waals surface area contributed by atoms with Crippen LogP contribution in [0.25, 0.3) is 0 Å². The molecule has 0 aliphatic heterocycles. The smallest absolute Gasteiger partial charge is 0.0175 e. The summed E-state index contributed by atoms with van der Waals surface area (Å²) in [7, 11) is 0. The Balaban J connectivity index is 2.34. The number of allylic oxidation sites excluding steroid dienone is 4. The van der Waals surface area contributed by atoms with Crippen molar-refractivity contribution in [2.24, 2.45) is 0 Å². The highest BCUT2D eigenvalue weighted by Crippen LogP contribution is 2.32. The van der Waals surface area contributed by atoms with Crippen LogP contribution in [0.1, 0.15) is 18.9 Å². The highest BCUT2D eigenvalue weighted by Gasteiger charge is 2.22. The van der Waals surface area contributed by atoms with Crippen LogP contribution in [0, 0.1) is 0 Å². The fourth-order valence-corrected chi connectivity index (χ4v) is 2.04. The molecule has 1 unspecified atom stereocenters. The van der Waals surface area contributed by atoms with E-state index in [0.29, 0.717) is 0 Å². The third-order valence-electron chi connectivity index (χ3n) is 2.76. The quantitative estimate of drug-likeness (QED) is 0.698. The highest BCUT2D eigenvalue weighted by molar-refractivity contribution is 9.10. The summed E-state index contributed by atoms with van der Waals surface area (Å²) in [5, 5.41) is 0. The number of benzene rings is 1. The van der Waals surface area contributed by atoms with Gasteiger partial charge in [-0.2, -0.15) is 0 Å². The van der Waals surface area contributed by atoms with Crippen LogP contribution in [-0.4, -0.2) is 0 Å². The molecule has 2 rings (SSSR count). The summed E-state index contributed by atoms with van der Waals surface area (Å²) >= 11 is 3.46. The summed E-state index contributed by atoms with van der Waals surface area (Å²) in [5.41, 5.74) is 1.55. The molecular weight excluding hydrogens is 236 g/mol. The molecule has 72 valence electrons. The average Bonchev–Trinajstić information content (AvgIpc) is 2.19. The van der Waals surface area contributed by atoms with Crippen LogP contribution < -0.4 is 0 Å². The Hall–Kier alpha value is -0.820. The van der Waals surface area contributed by atoms with E-state index >= 15 is 0 Å². The summed E-state index contributed by atoms with van der Waals surface area (Å²) in [6.07, 6.45) is 9.83. The molecule has 1 atom stereocenters. The van der Waals surface area contributed by atoms with Crippen LogP contribution in [0.5, 0.6) is 0 Å². The molecule has 0 saturated heterocycles. The maximum absolute atomic E-state index is 3.46. The summed E-state index contributed by atoms with van der Waals surface area (Å²) < 4.78 is 1.14. The zero-order chi connectivity index (χ0) is 10.0. The van der Waals surface area contributed by atoms with Gasteiger partial charge in [0.05, 0.1) is 0 Å². The molecule has 1 aromatic carbocycles. The normalized spacial score (nSPS) is 25.3. The first-order valence-electron chi connectivity index (χ1n) is 4.81. The van der Waals surface area contributed by atoms with Crippen molar-refractivity contribution in [2.45, 2.75) is 18.8 Å². The SMILES string of the molecule is CC1(c2ccc(Br)cc2)C=CC=CC1. The van der Waals surface area contributed by atoms with Gasteiger partial charge in [-0.25, -0.2) is 0 Å². The Labute approximate surface area is 93.5 Å². The highest BCUT2D eigenvalue weighted by atomic mass is 79.9. The zero-order valence-corrected chi connectivity index (χ0v) is 9.79. The molecule has 0 saturated carbocycles. The lowest BCUT2D eigenvalue weighted by Gasteiger charge is -2.27. The van der Waals surface area contributed by atoms with E-state index in [-0.39, 0.29) is 5.41 Å². The van der Waals surface area contributed by atoms with E-state index < -0.39 is 0 Å². The van der Waals surface area contributed by atoms with Crippen molar-refractivity contribution in [1.82, 2.24) is 0 Å². The van der Waals surface area contributed by atoms with Crippen LogP contribution in [0.2, 0.25) is 0 Å². The van der Waals surface area contributed by atoms with Gasteiger partial charge in [0.25, 0.3) is 0 Å². The number of hydrogen-bond donors (Lipinski definition) is 0. The van der Waals surface area contributed by atoms with Gasteiger partial charge in [0, 0.05) is 9.89 Å². The second-order valence-corrected chi connectivity index (χ2v) is 4.83. The Bertz CT molecular complexity index is 373. The minimum absolute atomic E-state index is 0.176. The molecule has 1 aliphatic carbocycles. The lowest BCUT2D eigenvalue weighted by molar-refractivity contribution is 0.600. The second kappa shape index (κ2) is 3.74. The molecule has 14 heavy (non-hydrogen) atoms. The molecule has 0 radical (unpaired) electrons. The van der Waals surface area contributed by atoms with E-state index in [1.807, 2.05) is 0 Å². The van der Waals surface area contributed by atoms with Crippen molar-refractivity contribution in [1.29, 1.82) is 0 Å². The maximum Gasteiger partial charge on any atom is 0.0175 e. The van der Waals surface area contributed by atoms with E-state index in [2.05, 4.69) is 71.4 Å². The predicted octanol–water partition coefficient (Wildman–Crippen LogP) is 4.22. The van der Waals surface area contributed by atoms with Gasteiger partial charge < -0.3 is 0 Å². The largest absolute Gasteiger partial charge is 0.0834 e. The van der Waals surface area contributed by atoms with Crippen molar-refractivity contribution in [3.63, 3.8) is 0 Å². The van der Waals surface area contributed by atoms with Crippen LogP contribution in [0.3, 0.4) is 0 Å². The summed E-state index contributed by atoms with van der Waals surface area (Å²) in [6.45, 7) is 2.27. The average molecular weight is 249 g/mol. The molecule has 0 heterocycles. The fraction of sp³-hybridized carbons (Fsp3) is 0.231. The van der Waals surface area contributed by atoms with E-state index in [0.717, 1.165) is 10.9 Å². The van der Waals surface area contributed by atoms with E-state index in [1.165, 1.54) is 5.56 Å². The predicted molar refractivity (Wildman–Crippen MR) is 64.4 cm³/mol. The molecule has 1 heteroatoms. The van der Waals surface area contributed by atoms with E-state index in [4.69, 9.17) is 0 Å². The summed E-state index contributed by atoms with van der Waals surface area (Å²) in [6, 6.07) is 8.58. The van der Waals surface area contributed by atoms with Crippen molar-refractivity contribution in [3.8, 4) is 0 Å². The van der Waals surface area contributed by atoms with Gasteiger partial charge in [-0.15, -0.1) is 0 Å². The molecule has 0 amide bonds. The topological polar surface area (TPSA) is 0 Å². The Morgan fingerprint density at radius 1 is 1.14 bits per heavy atom. The van der Waals surface area contributed by atoms with Crippen molar-refractivity contribution in [2.75, 3.05) is 0 Å². The molecule has 0 N–H and O–H groups in total. The molecule has 0 bridgehead atoms. The van der Waals surface area contributed by atoms with E-state index in [9.17, 15) is 0 Å². The maximum atomic E-state index is 3.46. The van der Waals surface area contributed by atoms with E-state index in [1.54, 1.807) is 0 Å². The molecule has 0 aromatic heterocycles. The zero-order valence-electron chi connectivity index (χ0n) is 8.20. The lowest BCUT2D eigenvalue weighted by atomic mass is 9.77. The van der Waals surface area contributed by atoms with Gasteiger partial charge in [-0.3, -0.25) is 0 Å². The van der Waals surface area contributed by atoms with Gasteiger partial charge in [0.15, 0.2) is 0 Å². The first-order valence-corrected chi connectivity index (χ1v) is 5.60. The van der Waals surface area contributed by atoms with Gasteiger partial charge in [0.1, 0.15) is 0 Å². The molecule has 0 nitrogen and oxygen atoms in total. The Kier molecular flexibility index (Phi) is 2.60. The Morgan fingerprint density at radius 3 is 2.43 bits per heavy atom. The van der Waals surface area contributed by atoms with Gasteiger partial charge >= 0.3 is 0 Å². The molecule has 0 fully saturated rings. The van der Waals surface area contributed by atoms with Crippen molar-refractivity contribution < 1.29 is 0 Å². The molecule has 0 spiro atoms. The molecule has 1 aromatic rings. The minimum atomic E-state index is 0.176. The standard InChI is InChI=1S/C13H13Br/c1-13(9-3-2-4-10-13)11-5-7-12(14)8-6-11/h2-9H,10H2,1H3. The van der Waals surface area contributed by atoms with Crippen LogP contribution in [0.15, 0.2) is 53.0 Å². The summed E-state index contributed by atoms with van der Waals surface area (Å²) in [4.78, 5) is 0. The first-order chi connectivity index (χ1) is 6.71. The molecular formula is C13H13Br.